The van der Waals surface area contributed by atoms with E-state index in [2.05, 4.69) is 9.47 Å². The lowest BCUT2D eigenvalue weighted by Gasteiger charge is -1.97. The topological polar surface area (TPSA) is 69.7 Å². The maximum Gasteiger partial charge on any atom is 0.425 e. The Kier molecular flexibility index (Phi) is 4.16. The highest BCUT2D eigenvalue weighted by atomic mass is 16.6. The van der Waals surface area contributed by atoms with Gasteiger partial charge in [0.1, 0.15) is 0 Å². The zero-order valence-electron chi connectivity index (χ0n) is 6.33. The minimum atomic E-state index is -1.36. The minimum Gasteiger partial charge on any atom is -0.444 e. The van der Waals surface area contributed by atoms with E-state index in [1.54, 1.807) is 0 Å². The molecule has 0 rings (SSSR count). The molecule has 0 aliphatic carbocycles. The van der Waals surface area contributed by atoms with Gasteiger partial charge in [-0.2, -0.15) is 0 Å². The second-order valence-corrected chi connectivity index (χ2v) is 1.66. The summed E-state index contributed by atoms with van der Waals surface area (Å²) in [4.78, 5) is 31.1. The summed E-state index contributed by atoms with van der Waals surface area (Å²) in [5.74, 6) is -1.54. The molecule has 0 bridgehead atoms. The molecule has 0 atom stereocenters. The van der Waals surface area contributed by atoms with Crippen LogP contribution in [0.15, 0.2) is 0 Å². The van der Waals surface area contributed by atoms with E-state index in [-0.39, 0.29) is 6.61 Å². The third-order valence-electron chi connectivity index (χ3n) is 0.690. The first-order valence-electron chi connectivity index (χ1n) is 2.91. The minimum absolute atomic E-state index is 0.328. The molecule has 0 fully saturated rings. The van der Waals surface area contributed by atoms with E-state index in [4.69, 9.17) is 6.42 Å². The predicted molar refractivity (Wildman–Crippen MR) is 36.6 cm³/mol. The maximum absolute atomic E-state index is 10.5. The second kappa shape index (κ2) is 4.91. The van der Waals surface area contributed by atoms with E-state index in [9.17, 15) is 14.4 Å². The number of terminal acetylenes is 1. The third kappa shape index (κ3) is 4.06. The van der Waals surface area contributed by atoms with E-state index in [0.29, 0.717) is 0 Å². The van der Waals surface area contributed by atoms with Crippen molar-refractivity contribution in [3.8, 4) is 12.3 Å². The van der Waals surface area contributed by atoms with Crippen molar-refractivity contribution in [3.63, 3.8) is 0 Å². The number of ether oxygens (including phenoxy) is 2. The fraction of sp³-hybridized carbons (Fsp3) is 0.286. The molecule has 0 heterocycles. The number of carbonyl (C=O) groups excluding carboxylic acids is 3. The summed E-state index contributed by atoms with van der Waals surface area (Å²) in [6.07, 6.45) is 4.73. The quantitative estimate of drug-likeness (QED) is 0.224. The summed E-state index contributed by atoms with van der Waals surface area (Å²) in [6.45, 7) is 0.665. The van der Waals surface area contributed by atoms with Crippen molar-refractivity contribution in [3.05, 3.63) is 0 Å². The Balaban J connectivity index is 3.87. The van der Waals surface area contributed by atoms with Crippen molar-refractivity contribution in [2.24, 2.45) is 0 Å². The Morgan fingerprint density at radius 1 is 1.33 bits per heavy atom. The molecule has 5 nitrogen and oxygen atoms in total. The fourth-order valence-corrected chi connectivity index (χ4v) is 0.338. The molecule has 0 spiro atoms. The van der Waals surface area contributed by atoms with Gasteiger partial charge in [-0.05, 0) is 0 Å². The van der Waals surface area contributed by atoms with Crippen molar-refractivity contribution in [1.29, 1.82) is 0 Å². The van der Waals surface area contributed by atoms with Gasteiger partial charge < -0.3 is 9.47 Å². The molecule has 0 N–H and O–H groups in total. The van der Waals surface area contributed by atoms with E-state index in [1.165, 1.54) is 0 Å². The molecule has 0 aliphatic heterocycles. The van der Waals surface area contributed by atoms with Crippen LogP contribution in [0.5, 0.6) is 0 Å². The van der Waals surface area contributed by atoms with E-state index in [1.807, 2.05) is 5.92 Å². The lowest BCUT2D eigenvalue weighted by atomic mass is 10.6. The summed E-state index contributed by atoms with van der Waals surface area (Å²) in [5, 5.41) is 0. The largest absolute Gasteiger partial charge is 0.444 e. The van der Waals surface area contributed by atoms with Gasteiger partial charge in [0, 0.05) is 6.92 Å². The number of rotatable bonds is 1. The third-order valence-corrected chi connectivity index (χ3v) is 0.690. The molecule has 12 heavy (non-hydrogen) atoms. The van der Waals surface area contributed by atoms with Gasteiger partial charge in [-0.1, -0.05) is 5.92 Å². The summed E-state index contributed by atoms with van der Waals surface area (Å²) in [7, 11) is 0. The van der Waals surface area contributed by atoms with E-state index < -0.39 is 17.9 Å². The Hall–Kier alpha value is -1.83. The molecule has 0 saturated heterocycles. The highest BCUT2D eigenvalue weighted by Gasteiger charge is 2.18. The molecule has 64 valence electrons. The summed E-state index contributed by atoms with van der Waals surface area (Å²) in [5.41, 5.74) is 0. The van der Waals surface area contributed by atoms with E-state index >= 15 is 0 Å². The van der Waals surface area contributed by atoms with E-state index in [0.717, 1.165) is 6.92 Å². The molecule has 5 heteroatoms. The molecule has 0 amide bonds. The normalized spacial score (nSPS) is 8.00. The van der Waals surface area contributed by atoms with Crippen LogP contribution in [0, 0.1) is 12.3 Å². The zero-order valence-corrected chi connectivity index (χ0v) is 6.33. The van der Waals surface area contributed by atoms with Gasteiger partial charge in [0.05, 0.1) is 0 Å². The van der Waals surface area contributed by atoms with Gasteiger partial charge >= 0.3 is 17.9 Å². The van der Waals surface area contributed by atoms with Crippen LogP contribution in [0.2, 0.25) is 0 Å². The van der Waals surface area contributed by atoms with Gasteiger partial charge in [-0.25, -0.2) is 9.59 Å². The van der Waals surface area contributed by atoms with Crippen LogP contribution in [-0.2, 0) is 23.9 Å². The van der Waals surface area contributed by atoms with Gasteiger partial charge in [-0.3, -0.25) is 4.79 Å². The van der Waals surface area contributed by atoms with Gasteiger partial charge in [0.15, 0.2) is 6.61 Å². The smallest absolute Gasteiger partial charge is 0.425 e. The Bertz CT molecular complexity index is 247. The highest BCUT2D eigenvalue weighted by molar-refractivity contribution is 6.31. The van der Waals surface area contributed by atoms with Crippen molar-refractivity contribution in [2.75, 3.05) is 6.61 Å². The lowest BCUT2D eigenvalue weighted by molar-refractivity contribution is -0.172. The number of esters is 3. The summed E-state index contributed by atoms with van der Waals surface area (Å²) >= 11 is 0. The van der Waals surface area contributed by atoms with Gasteiger partial charge in [-0.15, -0.1) is 6.42 Å². The average Bonchev–Trinajstić information content (AvgIpc) is 1.98. The summed E-state index contributed by atoms with van der Waals surface area (Å²) < 4.78 is 8.04. The predicted octanol–water partition coefficient (Wildman–Crippen LogP) is -0.748. The van der Waals surface area contributed by atoms with Crippen LogP contribution in [0.1, 0.15) is 6.92 Å². The molecular weight excluding hydrogens is 164 g/mol. The van der Waals surface area contributed by atoms with Crippen LogP contribution >= 0.6 is 0 Å². The molecule has 0 unspecified atom stereocenters. The van der Waals surface area contributed by atoms with Crippen LogP contribution in [0.3, 0.4) is 0 Å². The van der Waals surface area contributed by atoms with Crippen molar-refractivity contribution >= 4 is 17.9 Å². The number of hydrogen-bond acceptors (Lipinski definition) is 5. The SMILES string of the molecule is C#CCOC(=O)C(=O)OC(C)=O. The van der Waals surface area contributed by atoms with Crippen LogP contribution in [0.4, 0.5) is 0 Å². The maximum atomic E-state index is 10.5. The van der Waals surface area contributed by atoms with Gasteiger partial charge in [0.25, 0.3) is 0 Å². The average molecular weight is 170 g/mol. The van der Waals surface area contributed by atoms with Crippen molar-refractivity contribution in [1.82, 2.24) is 0 Å². The van der Waals surface area contributed by atoms with Crippen LogP contribution in [0.25, 0.3) is 0 Å². The lowest BCUT2D eigenvalue weighted by Crippen LogP contribution is -2.22. The first-order chi connectivity index (χ1) is 5.57. The van der Waals surface area contributed by atoms with Crippen LogP contribution in [-0.4, -0.2) is 24.5 Å². The molecule has 0 aliphatic rings. The highest BCUT2D eigenvalue weighted by Crippen LogP contribution is 1.84. The Morgan fingerprint density at radius 2 is 1.92 bits per heavy atom. The first kappa shape index (κ1) is 10.2. The van der Waals surface area contributed by atoms with Crippen molar-refractivity contribution in [2.45, 2.75) is 6.92 Å². The monoisotopic (exact) mass is 170 g/mol. The molecule has 0 radical (unpaired) electrons. The number of carbonyl (C=O) groups is 3. The first-order valence-corrected chi connectivity index (χ1v) is 2.91. The van der Waals surface area contributed by atoms with Crippen molar-refractivity contribution < 1.29 is 23.9 Å². The molecule has 0 aromatic rings. The molecule has 0 aromatic heterocycles. The second-order valence-electron chi connectivity index (χ2n) is 1.66. The van der Waals surface area contributed by atoms with Gasteiger partial charge in [0.2, 0.25) is 0 Å². The standard InChI is InChI=1S/C7H6O5/c1-3-4-11-6(9)7(10)12-5(2)8/h1H,4H2,2H3. The summed E-state index contributed by atoms with van der Waals surface area (Å²) in [6, 6.07) is 0. The Labute approximate surface area is 68.6 Å². The zero-order chi connectivity index (χ0) is 9.56. The molecule has 0 aromatic carbocycles. The number of hydrogen-bond donors (Lipinski definition) is 0. The molecule has 0 saturated carbocycles. The molecular formula is C7H6O5. The fourth-order valence-electron chi connectivity index (χ4n) is 0.338. The Morgan fingerprint density at radius 3 is 2.33 bits per heavy atom. The van der Waals surface area contributed by atoms with Crippen LogP contribution < -0.4 is 0 Å².